The fourth-order valence-electron chi connectivity index (χ4n) is 2.00. The standard InChI is InChI=1S/C13H25N3O3/c1-3-19-13(18)12(17)14-6-4-5-7-16-10-8-15(2)9-11-16/h3-11H2,1-2H3,(H,14,17). The minimum atomic E-state index is -0.790. The summed E-state index contributed by atoms with van der Waals surface area (Å²) in [4.78, 5) is 27.0. The van der Waals surface area contributed by atoms with E-state index in [1.54, 1.807) is 6.92 Å². The van der Waals surface area contributed by atoms with Gasteiger partial charge < -0.3 is 19.9 Å². The van der Waals surface area contributed by atoms with Gasteiger partial charge in [0.1, 0.15) is 0 Å². The maximum atomic E-state index is 11.2. The summed E-state index contributed by atoms with van der Waals surface area (Å²) in [6.45, 7) is 7.99. The van der Waals surface area contributed by atoms with Crippen LogP contribution in [0, 0.1) is 0 Å². The maximum Gasteiger partial charge on any atom is 0.396 e. The Kier molecular flexibility index (Phi) is 7.43. The highest BCUT2D eigenvalue weighted by atomic mass is 16.5. The number of hydrogen-bond acceptors (Lipinski definition) is 5. The van der Waals surface area contributed by atoms with Gasteiger partial charge in [0, 0.05) is 32.7 Å². The highest BCUT2D eigenvalue weighted by molar-refractivity contribution is 6.32. The first kappa shape index (κ1) is 15.9. The van der Waals surface area contributed by atoms with Gasteiger partial charge in [-0.15, -0.1) is 0 Å². The summed E-state index contributed by atoms with van der Waals surface area (Å²) in [6.07, 6.45) is 1.92. The molecule has 110 valence electrons. The zero-order chi connectivity index (χ0) is 14.1. The average molecular weight is 271 g/mol. The van der Waals surface area contributed by atoms with E-state index in [-0.39, 0.29) is 6.61 Å². The van der Waals surface area contributed by atoms with Gasteiger partial charge in [-0.25, -0.2) is 4.79 Å². The van der Waals surface area contributed by atoms with Crippen molar-refractivity contribution in [2.75, 3.05) is 52.9 Å². The van der Waals surface area contributed by atoms with E-state index >= 15 is 0 Å². The molecule has 1 saturated heterocycles. The summed E-state index contributed by atoms with van der Waals surface area (Å²) in [6, 6.07) is 0. The Morgan fingerprint density at radius 3 is 2.47 bits per heavy atom. The maximum absolute atomic E-state index is 11.2. The lowest BCUT2D eigenvalue weighted by atomic mass is 10.2. The van der Waals surface area contributed by atoms with E-state index in [1.165, 1.54) is 0 Å². The van der Waals surface area contributed by atoms with E-state index in [9.17, 15) is 9.59 Å². The molecule has 0 spiro atoms. The first-order chi connectivity index (χ1) is 9.13. The molecule has 1 aliphatic rings. The summed E-state index contributed by atoms with van der Waals surface area (Å²) in [5.74, 6) is -1.43. The van der Waals surface area contributed by atoms with Gasteiger partial charge in [0.25, 0.3) is 0 Å². The molecule has 1 amide bonds. The number of esters is 1. The topological polar surface area (TPSA) is 61.9 Å². The number of unbranched alkanes of at least 4 members (excludes halogenated alkanes) is 1. The Morgan fingerprint density at radius 2 is 1.84 bits per heavy atom. The predicted octanol–water partition coefficient (Wildman–Crippen LogP) is -0.307. The van der Waals surface area contributed by atoms with E-state index in [4.69, 9.17) is 0 Å². The molecule has 0 aliphatic carbocycles. The van der Waals surface area contributed by atoms with Crippen LogP contribution in [0.15, 0.2) is 0 Å². The number of carbonyl (C=O) groups excluding carboxylic acids is 2. The Hall–Kier alpha value is -1.14. The fourth-order valence-corrected chi connectivity index (χ4v) is 2.00. The second-order valence-corrected chi connectivity index (χ2v) is 4.83. The first-order valence-electron chi connectivity index (χ1n) is 6.99. The highest BCUT2D eigenvalue weighted by Gasteiger charge is 2.14. The molecule has 0 aromatic carbocycles. The van der Waals surface area contributed by atoms with E-state index in [1.807, 2.05) is 0 Å². The lowest BCUT2D eigenvalue weighted by Crippen LogP contribution is -2.44. The van der Waals surface area contributed by atoms with Crippen molar-refractivity contribution in [3.8, 4) is 0 Å². The fraction of sp³-hybridized carbons (Fsp3) is 0.846. The summed E-state index contributed by atoms with van der Waals surface area (Å²) in [5.41, 5.74) is 0. The number of likely N-dealkylation sites (N-methyl/N-ethyl adjacent to an activating group) is 1. The number of nitrogens with zero attached hydrogens (tertiary/aromatic N) is 2. The largest absolute Gasteiger partial charge is 0.459 e. The molecule has 0 aromatic heterocycles. The van der Waals surface area contributed by atoms with E-state index in [0.29, 0.717) is 6.54 Å². The Bertz CT molecular complexity index is 289. The Morgan fingerprint density at radius 1 is 1.16 bits per heavy atom. The van der Waals surface area contributed by atoms with Crippen LogP contribution < -0.4 is 5.32 Å². The number of carbonyl (C=O) groups is 2. The Balaban J connectivity index is 1.99. The molecule has 6 nitrogen and oxygen atoms in total. The van der Waals surface area contributed by atoms with Crippen LogP contribution in [0.4, 0.5) is 0 Å². The minimum absolute atomic E-state index is 0.232. The Labute approximate surface area is 115 Å². The minimum Gasteiger partial charge on any atom is -0.459 e. The molecule has 0 bridgehead atoms. The zero-order valence-corrected chi connectivity index (χ0v) is 12.0. The van der Waals surface area contributed by atoms with Crippen molar-refractivity contribution in [3.05, 3.63) is 0 Å². The number of ether oxygens (including phenoxy) is 1. The van der Waals surface area contributed by atoms with Crippen molar-refractivity contribution in [3.63, 3.8) is 0 Å². The second-order valence-electron chi connectivity index (χ2n) is 4.83. The van der Waals surface area contributed by atoms with Gasteiger partial charge in [0.2, 0.25) is 0 Å². The summed E-state index contributed by atoms with van der Waals surface area (Å²) in [5, 5.41) is 2.57. The van der Waals surface area contributed by atoms with Crippen molar-refractivity contribution in [1.29, 1.82) is 0 Å². The molecule has 1 aliphatic heterocycles. The lowest BCUT2D eigenvalue weighted by molar-refractivity contribution is -0.154. The van der Waals surface area contributed by atoms with Gasteiger partial charge in [0.05, 0.1) is 6.61 Å². The molecule has 6 heteroatoms. The van der Waals surface area contributed by atoms with Gasteiger partial charge in [-0.3, -0.25) is 4.79 Å². The number of amides is 1. The van der Waals surface area contributed by atoms with Crippen LogP contribution in [0.1, 0.15) is 19.8 Å². The van der Waals surface area contributed by atoms with Gasteiger partial charge in [-0.1, -0.05) is 0 Å². The molecule has 0 unspecified atom stereocenters. The molecule has 1 N–H and O–H groups in total. The highest BCUT2D eigenvalue weighted by Crippen LogP contribution is 2.01. The van der Waals surface area contributed by atoms with Gasteiger partial charge in [-0.2, -0.15) is 0 Å². The molecule has 1 heterocycles. The lowest BCUT2D eigenvalue weighted by Gasteiger charge is -2.32. The summed E-state index contributed by atoms with van der Waals surface area (Å²) in [7, 11) is 2.14. The molecule has 1 fully saturated rings. The predicted molar refractivity (Wildman–Crippen MR) is 72.8 cm³/mol. The van der Waals surface area contributed by atoms with Crippen LogP contribution in [0.3, 0.4) is 0 Å². The summed E-state index contributed by atoms with van der Waals surface area (Å²) >= 11 is 0. The number of rotatable bonds is 6. The van der Waals surface area contributed by atoms with Crippen LogP contribution in [-0.2, 0) is 14.3 Å². The van der Waals surface area contributed by atoms with Gasteiger partial charge >= 0.3 is 11.9 Å². The quantitative estimate of drug-likeness (QED) is 0.408. The molecule has 1 rings (SSSR count). The zero-order valence-electron chi connectivity index (χ0n) is 12.0. The molecular weight excluding hydrogens is 246 g/mol. The van der Waals surface area contributed by atoms with Crippen LogP contribution >= 0.6 is 0 Å². The third-order valence-electron chi connectivity index (χ3n) is 3.24. The molecule has 0 saturated carbocycles. The summed E-state index contributed by atoms with van der Waals surface area (Å²) < 4.78 is 4.60. The van der Waals surface area contributed by atoms with E-state index in [0.717, 1.165) is 45.6 Å². The van der Waals surface area contributed by atoms with E-state index in [2.05, 4.69) is 26.9 Å². The number of hydrogen-bond donors (Lipinski definition) is 1. The van der Waals surface area contributed by atoms with Crippen molar-refractivity contribution in [2.24, 2.45) is 0 Å². The molecule has 0 aromatic rings. The van der Waals surface area contributed by atoms with Crippen molar-refractivity contribution in [2.45, 2.75) is 19.8 Å². The molecule has 0 atom stereocenters. The average Bonchev–Trinajstić information content (AvgIpc) is 2.40. The van der Waals surface area contributed by atoms with Crippen LogP contribution in [0.5, 0.6) is 0 Å². The van der Waals surface area contributed by atoms with Crippen LogP contribution in [-0.4, -0.2) is 74.6 Å². The number of nitrogens with one attached hydrogen (secondary N) is 1. The second kappa shape index (κ2) is 8.87. The van der Waals surface area contributed by atoms with Crippen molar-refractivity contribution >= 4 is 11.9 Å². The number of piperazine rings is 1. The smallest absolute Gasteiger partial charge is 0.396 e. The van der Waals surface area contributed by atoms with Gasteiger partial charge in [-0.05, 0) is 33.4 Å². The third-order valence-corrected chi connectivity index (χ3v) is 3.24. The van der Waals surface area contributed by atoms with Crippen LogP contribution in [0.2, 0.25) is 0 Å². The van der Waals surface area contributed by atoms with Gasteiger partial charge in [0.15, 0.2) is 0 Å². The van der Waals surface area contributed by atoms with E-state index < -0.39 is 11.9 Å². The van der Waals surface area contributed by atoms with Crippen LogP contribution in [0.25, 0.3) is 0 Å². The monoisotopic (exact) mass is 271 g/mol. The molecular formula is C13H25N3O3. The third kappa shape index (κ3) is 6.54. The van der Waals surface area contributed by atoms with Crippen molar-refractivity contribution in [1.82, 2.24) is 15.1 Å². The van der Waals surface area contributed by atoms with Crippen molar-refractivity contribution < 1.29 is 14.3 Å². The normalized spacial score (nSPS) is 17.2. The molecule has 0 radical (unpaired) electrons. The SMILES string of the molecule is CCOC(=O)C(=O)NCCCCN1CCN(C)CC1. The molecule has 19 heavy (non-hydrogen) atoms. The first-order valence-corrected chi connectivity index (χ1v) is 6.99.